The molecular weight excluding hydrogens is 301 g/mol. The largest absolute Gasteiger partial charge is 0.391 e. The second kappa shape index (κ2) is 7.79. The Morgan fingerprint density at radius 1 is 1.18 bits per heavy atom. The lowest BCUT2D eigenvalue weighted by atomic mass is 10.0. The molecular formula is C14H17F3N2O3. The van der Waals surface area contributed by atoms with Crippen molar-refractivity contribution in [3.8, 4) is 0 Å². The maximum Gasteiger partial charge on any atom is 0.313 e. The van der Waals surface area contributed by atoms with Crippen LogP contribution in [0.1, 0.15) is 20.3 Å². The standard InChI is InChI=1S/C14H17F3N2O3/c1-3-7(2)11(20)6-18-13(21)14(22)19-8-4-9(15)12(17)10(16)5-8/h4-5,7,11,20H,3,6H2,1-2H3,(H,18,21)(H,19,22). The molecule has 0 aliphatic rings. The SMILES string of the molecule is CCC(C)C(O)CNC(=O)C(=O)Nc1cc(F)c(F)c(F)c1. The van der Waals surface area contributed by atoms with Crippen molar-refractivity contribution in [3.05, 3.63) is 29.6 Å². The van der Waals surface area contributed by atoms with Gasteiger partial charge in [0.2, 0.25) is 0 Å². The van der Waals surface area contributed by atoms with Gasteiger partial charge in [-0.2, -0.15) is 0 Å². The Kier molecular flexibility index (Phi) is 6.36. The third-order valence-electron chi connectivity index (χ3n) is 3.22. The number of nitrogens with one attached hydrogen (secondary N) is 2. The number of hydrogen-bond acceptors (Lipinski definition) is 3. The molecule has 0 aliphatic carbocycles. The molecule has 2 amide bonds. The van der Waals surface area contributed by atoms with E-state index in [9.17, 15) is 27.9 Å². The zero-order valence-corrected chi connectivity index (χ0v) is 12.1. The first-order chi connectivity index (χ1) is 10.3. The summed E-state index contributed by atoms with van der Waals surface area (Å²) in [6.45, 7) is 3.51. The fourth-order valence-corrected chi connectivity index (χ4v) is 1.57. The minimum atomic E-state index is -1.67. The Hall–Kier alpha value is -2.09. The minimum Gasteiger partial charge on any atom is -0.391 e. The van der Waals surface area contributed by atoms with E-state index in [-0.39, 0.29) is 18.2 Å². The lowest BCUT2D eigenvalue weighted by molar-refractivity contribution is -0.136. The Morgan fingerprint density at radius 3 is 2.23 bits per heavy atom. The van der Waals surface area contributed by atoms with Gasteiger partial charge in [-0.05, 0) is 5.92 Å². The molecule has 0 fully saturated rings. The fourth-order valence-electron chi connectivity index (χ4n) is 1.57. The molecule has 5 nitrogen and oxygen atoms in total. The van der Waals surface area contributed by atoms with Crippen LogP contribution in [-0.2, 0) is 9.59 Å². The summed E-state index contributed by atoms with van der Waals surface area (Å²) in [6, 6.07) is 1.11. The van der Waals surface area contributed by atoms with Gasteiger partial charge in [0.05, 0.1) is 6.10 Å². The first-order valence-corrected chi connectivity index (χ1v) is 6.68. The van der Waals surface area contributed by atoms with E-state index in [1.54, 1.807) is 6.92 Å². The molecule has 1 aromatic carbocycles. The van der Waals surface area contributed by atoms with Gasteiger partial charge >= 0.3 is 11.8 Å². The van der Waals surface area contributed by atoms with Crippen molar-refractivity contribution in [1.82, 2.24) is 5.32 Å². The van der Waals surface area contributed by atoms with Crippen molar-refractivity contribution in [2.24, 2.45) is 5.92 Å². The van der Waals surface area contributed by atoms with Gasteiger partial charge in [-0.15, -0.1) is 0 Å². The van der Waals surface area contributed by atoms with E-state index < -0.39 is 35.4 Å². The zero-order chi connectivity index (χ0) is 16.9. The molecule has 2 atom stereocenters. The van der Waals surface area contributed by atoms with Gasteiger partial charge in [0, 0.05) is 24.4 Å². The Balaban J connectivity index is 2.60. The molecule has 22 heavy (non-hydrogen) atoms. The molecule has 1 aromatic rings. The molecule has 1 rings (SSSR count). The summed E-state index contributed by atoms with van der Waals surface area (Å²) < 4.78 is 38.7. The van der Waals surface area contributed by atoms with Crippen LogP contribution < -0.4 is 10.6 Å². The second-order valence-corrected chi connectivity index (χ2v) is 4.87. The fraction of sp³-hybridized carbons (Fsp3) is 0.429. The molecule has 3 N–H and O–H groups in total. The zero-order valence-electron chi connectivity index (χ0n) is 12.1. The molecule has 0 aliphatic heterocycles. The predicted molar refractivity (Wildman–Crippen MR) is 73.4 cm³/mol. The van der Waals surface area contributed by atoms with Crippen molar-refractivity contribution in [2.75, 3.05) is 11.9 Å². The summed E-state index contributed by atoms with van der Waals surface area (Å²) in [4.78, 5) is 23.0. The van der Waals surface area contributed by atoms with Gasteiger partial charge in [0.25, 0.3) is 0 Å². The number of benzene rings is 1. The summed E-state index contributed by atoms with van der Waals surface area (Å²) in [5.74, 6) is -6.96. The van der Waals surface area contributed by atoms with Gasteiger partial charge in [0.1, 0.15) is 0 Å². The van der Waals surface area contributed by atoms with E-state index in [4.69, 9.17) is 0 Å². The van der Waals surface area contributed by atoms with E-state index in [0.29, 0.717) is 18.6 Å². The smallest absolute Gasteiger partial charge is 0.313 e. The molecule has 2 unspecified atom stereocenters. The number of carbonyl (C=O) groups excluding carboxylic acids is 2. The molecule has 0 radical (unpaired) electrons. The normalized spacial score (nSPS) is 13.4. The monoisotopic (exact) mass is 318 g/mol. The maximum atomic E-state index is 13.0. The van der Waals surface area contributed by atoms with Gasteiger partial charge < -0.3 is 15.7 Å². The summed E-state index contributed by atoms with van der Waals surface area (Å²) in [7, 11) is 0. The molecule has 8 heteroatoms. The van der Waals surface area contributed by atoms with E-state index in [2.05, 4.69) is 5.32 Å². The average molecular weight is 318 g/mol. The van der Waals surface area contributed by atoms with Crippen molar-refractivity contribution < 1.29 is 27.9 Å². The topological polar surface area (TPSA) is 78.4 Å². The number of hydrogen-bond donors (Lipinski definition) is 3. The lowest BCUT2D eigenvalue weighted by Crippen LogP contribution is -2.41. The van der Waals surface area contributed by atoms with Crippen LogP contribution in [0.4, 0.5) is 18.9 Å². The van der Waals surface area contributed by atoms with Crippen molar-refractivity contribution in [1.29, 1.82) is 0 Å². The first kappa shape index (κ1) is 18.0. The average Bonchev–Trinajstić information content (AvgIpc) is 2.48. The molecule has 0 bridgehead atoms. The first-order valence-electron chi connectivity index (χ1n) is 6.68. The molecule has 0 saturated heterocycles. The van der Waals surface area contributed by atoms with Crippen LogP contribution in [0.5, 0.6) is 0 Å². The van der Waals surface area contributed by atoms with Crippen LogP contribution in [0.2, 0.25) is 0 Å². The maximum absolute atomic E-state index is 13.0. The highest BCUT2D eigenvalue weighted by Crippen LogP contribution is 2.17. The molecule has 122 valence electrons. The highest BCUT2D eigenvalue weighted by Gasteiger charge is 2.19. The lowest BCUT2D eigenvalue weighted by Gasteiger charge is -2.17. The van der Waals surface area contributed by atoms with Gasteiger partial charge in [-0.3, -0.25) is 9.59 Å². The summed E-state index contributed by atoms with van der Waals surface area (Å²) in [5.41, 5.74) is -0.390. The minimum absolute atomic E-state index is 0.0661. The van der Waals surface area contributed by atoms with Crippen molar-refractivity contribution in [2.45, 2.75) is 26.4 Å². The molecule has 0 heterocycles. The number of aliphatic hydroxyl groups excluding tert-OH is 1. The van der Waals surface area contributed by atoms with E-state index in [1.807, 2.05) is 12.2 Å². The van der Waals surface area contributed by atoms with Crippen molar-refractivity contribution in [3.63, 3.8) is 0 Å². The summed E-state index contributed by atoms with van der Waals surface area (Å²) in [6.07, 6.45) is -0.125. The number of halogens is 3. The number of amides is 2. The third kappa shape index (κ3) is 4.73. The van der Waals surface area contributed by atoms with Crippen LogP contribution >= 0.6 is 0 Å². The quantitative estimate of drug-likeness (QED) is 0.569. The number of anilines is 1. The van der Waals surface area contributed by atoms with Gasteiger partial charge in [-0.25, -0.2) is 13.2 Å². The molecule has 0 aromatic heterocycles. The van der Waals surface area contributed by atoms with Crippen LogP contribution in [0.25, 0.3) is 0 Å². The third-order valence-corrected chi connectivity index (χ3v) is 3.22. The van der Waals surface area contributed by atoms with Gasteiger partial charge in [0.15, 0.2) is 17.5 Å². The van der Waals surface area contributed by atoms with Crippen LogP contribution in [-0.4, -0.2) is 29.6 Å². The highest BCUT2D eigenvalue weighted by molar-refractivity contribution is 6.39. The number of rotatable bonds is 5. The van der Waals surface area contributed by atoms with Crippen LogP contribution in [0.3, 0.4) is 0 Å². The van der Waals surface area contributed by atoms with Crippen LogP contribution in [0, 0.1) is 23.4 Å². The number of aliphatic hydroxyl groups is 1. The Bertz CT molecular complexity index is 543. The predicted octanol–water partition coefficient (Wildman–Crippen LogP) is 1.57. The Labute approximate surface area is 125 Å². The summed E-state index contributed by atoms with van der Waals surface area (Å²) >= 11 is 0. The number of carbonyl (C=O) groups is 2. The van der Waals surface area contributed by atoms with E-state index in [0.717, 1.165) is 0 Å². The highest BCUT2D eigenvalue weighted by atomic mass is 19.2. The van der Waals surface area contributed by atoms with E-state index >= 15 is 0 Å². The van der Waals surface area contributed by atoms with Gasteiger partial charge in [-0.1, -0.05) is 20.3 Å². The molecule has 0 saturated carbocycles. The van der Waals surface area contributed by atoms with Crippen molar-refractivity contribution >= 4 is 17.5 Å². The van der Waals surface area contributed by atoms with Crippen LogP contribution in [0.15, 0.2) is 12.1 Å². The van der Waals surface area contributed by atoms with E-state index in [1.165, 1.54) is 0 Å². The molecule has 0 spiro atoms. The summed E-state index contributed by atoms with van der Waals surface area (Å²) in [5, 5.41) is 13.8. The Morgan fingerprint density at radius 2 is 1.73 bits per heavy atom. The second-order valence-electron chi connectivity index (χ2n) is 4.87.